The minimum absolute atomic E-state index is 0.259. The van der Waals surface area contributed by atoms with Crippen LogP contribution in [0.25, 0.3) is 0 Å². The highest BCUT2D eigenvalue weighted by Gasteiger charge is 2.08. The van der Waals surface area contributed by atoms with E-state index >= 15 is 0 Å². The molecular weight excluding hydrogens is 279 g/mol. The van der Waals surface area contributed by atoms with E-state index in [4.69, 9.17) is 34.7 Å². The molecule has 88 valence electrons. The van der Waals surface area contributed by atoms with Gasteiger partial charge in [-0.15, -0.1) is 0 Å². The minimum Gasteiger partial charge on any atom is -0.399 e. The number of nitrogen functional groups attached to an aromatic ring is 2. The highest BCUT2D eigenvalue weighted by atomic mass is 35.5. The highest BCUT2D eigenvalue weighted by Crippen LogP contribution is 2.35. The molecule has 0 aliphatic rings. The van der Waals surface area contributed by atoms with Crippen LogP contribution in [0.1, 0.15) is 0 Å². The largest absolute Gasteiger partial charge is 0.399 e. The van der Waals surface area contributed by atoms with E-state index in [-0.39, 0.29) is 11.0 Å². The fourth-order valence-electron chi connectivity index (χ4n) is 1.15. The lowest BCUT2D eigenvalue weighted by Gasteiger charge is -2.06. The van der Waals surface area contributed by atoms with E-state index in [0.29, 0.717) is 15.7 Å². The maximum Gasteiger partial charge on any atom is 0.158 e. The van der Waals surface area contributed by atoms with Crippen molar-refractivity contribution in [1.29, 1.82) is 0 Å². The van der Waals surface area contributed by atoms with Gasteiger partial charge in [-0.05, 0) is 18.2 Å². The second-order valence-electron chi connectivity index (χ2n) is 3.18. The van der Waals surface area contributed by atoms with Crippen molar-refractivity contribution >= 4 is 46.5 Å². The Morgan fingerprint density at radius 3 is 2.59 bits per heavy atom. The number of hydrogen-bond acceptors (Lipinski definition) is 5. The number of nitrogens with zero attached hydrogens (tertiary/aromatic N) is 2. The van der Waals surface area contributed by atoms with Crippen LogP contribution >= 0.6 is 35.0 Å². The molecule has 0 aliphatic heterocycles. The Hall–Kier alpha value is -1.17. The van der Waals surface area contributed by atoms with Gasteiger partial charge in [0.2, 0.25) is 0 Å². The lowest BCUT2D eigenvalue weighted by atomic mass is 10.3. The van der Waals surface area contributed by atoms with Crippen LogP contribution in [0, 0.1) is 0 Å². The van der Waals surface area contributed by atoms with E-state index in [1.807, 2.05) is 0 Å². The van der Waals surface area contributed by atoms with E-state index in [0.717, 1.165) is 4.90 Å². The Morgan fingerprint density at radius 1 is 1.18 bits per heavy atom. The Bertz CT molecular complexity index is 512. The average Bonchev–Trinajstić information content (AvgIpc) is 2.25. The molecule has 0 saturated carbocycles. The summed E-state index contributed by atoms with van der Waals surface area (Å²) in [4.78, 5) is 8.81. The first kappa shape index (κ1) is 12.3. The van der Waals surface area contributed by atoms with Crippen molar-refractivity contribution in [3.8, 4) is 0 Å². The average molecular weight is 287 g/mol. The van der Waals surface area contributed by atoms with Gasteiger partial charge in [-0.3, -0.25) is 0 Å². The fourth-order valence-corrected chi connectivity index (χ4v) is 2.35. The first-order chi connectivity index (χ1) is 8.06. The number of anilines is 2. The van der Waals surface area contributed by atoms with Crippen LogP contribution in [0.5, 0.6) is 0 Å². The molecule has 0 radical (unpaired) electrons. The van der Waals surface area contributed by atoms with Gasteiger partial charge in [0.25, 0.3) is 0 Å². The normalized spacial score (nSPS) is 10.5. The smallest absolute Gasteiger partial charge is 0.158 e. The highest BCUT2D eigenvalue weighted by molar-refractivity contribution is 7.99. The van der Waals surface area contributed by atoms with Crippen LogP contribution < -0.4 is 11.5 Å². The van der Waals surface area contributed by atoms with E-state index in [1.165, 1.54) is 18.0 Å². The van der Waals surface area contributed by atoms with Crippen molar-refractivity contribution in [2.24, 2.45) is 0 Å². The minimum atomic E-state index is 0.259. The quantitative estimate of drug-likeness (QED) is 0.830. The number of rotatable bonds is 2. The third-order valence-corrected chi connectivity index (χ3v) is 3.59. The summed E-state index contributed by atoms with van der Waals surface area (Å²) >= 11 is 13.0. The lowest BCUT2D eigenvalue weighted by molar-refractivity contribution is 1.07. The molecule has 4 nitrogen and oxygen atoms in total. The second kappa shape index (κ2) is 5.00. The van der Waals surface area contributed by atoms with Gasteiger partial charge in [0.05, 0.1) is 11.2 Å². The molecular formula is C10H8Cl2N4S. The molecule has 0 atom stereocenters. The van der Waals surface area contributed by atoms with Crippen LogP contribution in [-0.4, -0.2) is 9.97 Å². The van der Waals surface area contributed by atoms with Crippen molar-refractivity contribution in [2.75, 3.05) is 11.5 Å². The van der Waals surface area contributed by atoms with Gasteiger partial charge in [0.1, 0.15) is 10.2 Å². The first-order valence-corrected chi connectivity index (χ1v) is 6.14. The van der Waals surface area contributed by atoms with Crippen molar-refractivity contribution in [2.45, 2.75) is 9.92 Å². The SMILES string of the molecule is Nc1ccc(Sc2ncc(Cl)nc2N)c(Cl)c1. The lowest BCUT2D eigenvalue weighted by Crippen LogP contribution is -1.96. The Kier molecular flexibility index (Phi) is 3.61. The number of nitrogens with two attached hydrogens (primary N) is 2. The zero-order chi connectivity index (χ0) is 12.4. The predicted octanol–water partition coefficient (Wildman–Crippen LogP) is 3.10. The molecule has 4 N–H and O–H groups in total. The van der Waals surface area contributed by atoms with Gasteiger partial charge < -0.3 is 11.5 Å². The van der Waals surface area contributed by atoms with Gasteiger partial charge in [0, 0.05) is 10.6 Å². The third-order valence-electron chi connectivity index (χ3n) is 1.90. The Balaban J connectivity index is 2.31. The van der Waals surface area contributed by atoms with Crippen LogP contribution in [0.4, 0.5) is 11.5 Å². The van der Waals surface area contributed by atoms with Gasteiger partial charge in [-0.1, -0.05) is 35.0 Å². The molecule has 0 spiro atoms. The molecule has 0 fully saturated rings. The number of aromatic nitrogens is 2. The topological polar surface area (TPSA) is 77.8 Å². The maximum absolute atomic E-state index is 6.05. The summed E-state index contributed by atoms with van der Waals surface area (Å²) in [6, 6.07) is 5.23. The summed E-state index contributed by atoms with van der Waals surface area (Å²) in [5.74, 6) is 0.274. The number of hydrogen-bond donors (Lipinski definition) is 2. The predicted molar refractivity (Wildman–Crippen MR) is 71.4 cm³/mol. The summed E-state index contributed by atoms with van der Waals surface area (Å²) in [5, 5.41) is 1.36. The fraction of sp³-hybridized carbons (Fsp3) is 0. The molecule has 0 unspecified atom stereocenters. The van der Waals surface area contributed by atoms with Crippen LogP contribution in [0.3, 0.4) is 0 Å². The maximum atomic E-state index is 6.05. The van der Waals surface area contributed by atoms with Gasteiger partial charge in [-0.2, -0.15) is 0 Å². The molecule has 2 rings (SSSR count). The summed E-state index contributed by atoms with van der Waals surface area (Å²) in [6.07, 6.45) is 1.44. The van der Waals surface area contributed by atoms with E-state index < -0.39 is 0 Å². The molecule has 0 bridgehead atoms. The van der Waals surface area contributed by atoms with Crippen molar-refractivity contribution < 1.29 is 0 Å². The zero-order valence-electron chi connectivity index (χ0n) is 8.52. The van der Waals surface area contributed by atoms with Crippen molar-refractivity contribution in [3.63, 3.8) is 0 Å². The molecule has 1 heterocycles. The molecule has 2 aromatic rings. The summed E-state index contributed by atoms with van der Waals surface area (Å²) in [7, 11) is 0. The second-order valence-corrected chi connectivity index (χ2v) is 5.00. The third kappa shape index (κ3) is 2.94. The number of benzene rings is 1. The van der Waals surface area contributed by atoms with E-state index in [1.54, 1.807) is 18.2 Å². The molecule has 0 amide bonds. The molecule has 0 saturated heterocycles. The van der Waals surface area contributed by atoms with Gasteiger partial charge in [-0.25, -0.2) is 9.97 Å². The molecule has 7 heteroatoms. The van der Waals surface area contributed by atoms with E-state index in [9.17, 15) is 0 Å². The zero-order valence-corrected chi connectivity index (χ0v) is 10.9. The summed E-state index contributed by atoms with van der Waals surface area (Å²) < 4.78 is 0. The Morgan fingerprint density at radius 2 is 1.94 bits per heavy atom. The van der Waals surface area contributed by atoms with Crippen LogP contribution in [0.15, 0.2) is 34.3 Å². The summed E-state index contributed by atoms with van der Waals surface area (Å²) in [6.45, 7) is 0. The monoisotopic (exact) mass is 286 g/mol. The molecule has 1 aromatic heterocycles. The van der Waals surface area contributed by atoms with Crippen LogP contribution in [0.2, 0.25) is 10.2 Å². The first-order valence-electron chi connectivity index (χ1n) is 4.57. The molecule has 0 aliphatic carbocycles. The van der Waals surface area contributed by atoms with Crippen molar-refractivity contribution in [3.05, 3.63) is 34.6 Å². The Labute approximate surface area is 112 Å². The molecule has 1 aromatic carbocycles. The van der Waals surface area contributed by atoms with Crippen molar-refractivity contribution in [1.82, 2.24) is 9.97 Å². The van der Waals surface area contributed by atoms with E-state index in [2.05, 4.69) is 9.97 Å². The summed E-state index contributed by atoms with van der Waals surface area (Å²) in [5.41, 5.74) is 11.9. The van der Waals surface area contributed by atoms with Crippen LogP contribution in [-0.2, 0) is 0 Å². The molecule has 17 heavy (non-hydrogen) atoms. The standard InChI is InChI=1S/C10H8Cl2N4S/c11-6-3-5(13)1-2-7(6)17-10-9(14)16-8(12)4-15-10/h1-4H,13H2,(H2,14,16). The van der Waals surface area contributed by atoms with Gasteiger partial charge in [0.15, 0.2) is 5.82 Å². The number of halogens is 2. The van der Waals surface area contributed by atoms with Gasteiger partial charge >= 0.3 is 0 Å².